The molecule has 0 aliphatic heterocycles. The van der Waals surface area contributed by atoms with E-state index < -0.39 is 23.7 Å². The number of nitrogens with one attached hydrogen (secondary N) is 3. The van der Waals surface area contributed by atoms with Gasteiger partial charge in [-0.25, -0.2) is 4.79 Å². The zero-order chi connectivity index (χ0) is 30.8. The van der Waals surface area contributed by atoms with Gasteiger partial charge in [0.25, 0.3) is 17.7 Å². The summed E-state index contributed by atoms with van der Waals surface area (Å²) in [5, 5.41) is 18.2. The quantitative estimate of drug-likeness (QED) is 0.217. The van der Waals surface area contributed by atoms with E-state index in [-0.39, 0.29) is 57.3 Å². The number of rotatable bonds is 13. The minimum atomic E-state index is -1.23. The van der Waals surface area contributed by atoms with Gasteiger partial charge in [-0.2, -0.15) is 0 Å². The largest absolute Gasteiger partial charge is 0.496 e. The number of benzene rings is 2. The second kappa shape index (κ2) is 14.9. The average molecular weight is 587 g/mol. The van der Waals surface area contributed by atoms with Crippen LogP contribution >= 0.6 is 0 Å². The van der Waals surface area contributed by atoms with E-state index in [0.717, 1.165) is 0 Å². The maximum Gasteiger partial charge on any atom is 0.339 e. The summed E-state index contributed by atoms with van der Waals surface area (Å²) in [6.07, 6.45) is 2.94. The van der Waals surface area contributed by atoms with Crippen molar-refractivity contribution < 1.29 is 43.2 Å². The van der Waals surface area contributed by atoms with E-state index in [4.69, 9.17) is 24.7 Å². The van der Waals surface area contributed by atoms with Crippen LogP contribution in [0.5, 0.6) is 23.0 Å². The highest BCUT2D eigenvalue weighted by Crippen LogP contribution is 2.31. The van der Waals surface area contributed by atoms with Crippen LogP contribution in [0.1, 0.15) is 73.5 Å². The highest BCUT2D eigenvalue weighted by atomic mass is 16.5. The molecule has 0 atom stereocenters. The van der Waals surface area contributed by atoms with E-state index in [1.165, 1.54) is 52.7 Å². The van der Waals surface area contributed by atoms with Crippen molar-refractivity contribution in [1.29, 1.82) is 0 Å². The van der Waals surface area contributed by atoms with Gasteiger partial charge in [0.2, 0.25) is 0 Å². The van der Waals surface area contributed by atoms with Crippen LogP contribution in [0.25, 0.3) is 0 Å². The summed E-state index contributed by atoms with van der Waals surface area (Å²) < 4.78 is 21.1. The molecule has 1 aliphatic carbocycles. The van der Waals surface area contributed by atoms with Gasteiger partial charge in [-0.3, -0.25) is 14.4 Å². The molecule has 3 rings (SSSR count). The van der Waals surface area contributed by atoms with Crippen molar-refractivity contribution in [3.05, 3.63) is 46.5 Å². The molecule has 13 heteroatoms. The average Bonchev–Trinajstić information content (AvgIpc) is 3.00. The smallest absolute Gasteiger partial charge is 0.339 e. The Morgan fingerprint density at radius 3 is 1.45 bits per heavy atom. The number of carboxylic acids is 1. The second-order valence-electron chi connectivity index (χ2n) is 9.70. The number of carbonyl (C=O) groups excluding carboxylic acids is 3. The molecule has 2 aromatic carbocycles. The van der Waals surface area contributed by atoms with Crippen LogP contribution in [0.4, 0.5) is 0 Å². The Morgan fingerprint density at radius 2 is 1.07 bits per heavy atom. The van der Waals surface area contributed by atoms with Crippen molar-refractivity contribution >= 4 is 23.7 Å². The van der Waals surface area contributed by atoms with Crippen LogP contribution in [0, 0.1) is 0 Å². The molecule has 42 heavy (non-hydrogen) atoms. The molecule has 6 N–H and O–H groups in total. The molecular formula is C29H38N4O9. The van der Waals surface area contributed by atoms with Gasteiger partial charge in [-0.05, 0) is 50.8 Å². The fraction of sp³-hybridized carbons (Fsp3) is 0.448. The minimum absolute atomic E-state index is 0.0833. The molecular weight excluding hydrogens is 548 g/mol. The third-order valence-electron chi connectivity index (χ3n) is 7.07. The van der Waals surface area contributed by atoms with E-state index in [2.05, 4.69) is 16.0 Å². The van der Waals surface area contributed by atoms with Crippen LogP contribution < -0.4 is 40.6 Å². The maximum absolute atomic E-state index is 13.3. The molecule has 3 amide bonds. The monoisotopic (exact) mass is 586 g/mol. The zero-order valence-electron chi connectivity index (χ0n) is 24.2. The van der Waals surface area contributed by atoms with Gasteiger partial charge in [0.1, 0.15) is 28.6 Å². The lowest BCUT2D eigenvalue weighted by molar-refractivity contribution is 0.0692. The summed E-state index contributed by atoms with van der Waals surface area (Å²) in [5.74, 6) is -1.68. The lowest BCUT2D eigenvalue weighted by Crippen LogP contribution is -2.44. The Morgan fingerprint density at radius 1 is 0.690 bits per heavy atom. The zero-order valence-corrected chi connectivity index (χ0v) is 24.2. The number of amides is 3. The molecule has 1 aliphatic rings. The first-order valence-electron chi connectivity index (χ1n) is 13.5. The molecule has 0 radical (unpaired) electrons. The topological polar surface area (TPSA) is 188 Å². The van der Waals surface area contributed by atoms with Crippen molar-refractivity contribution in [3.63, 3.8) is 0 Å². The SMILES string of the molecule is COc1cc(OC)c(C(=O)N[C@H]2CC[C@H](NC(=O)c3cc(C(=O)NCCCN)c(OC)cc3OC)CC2)cc1C(=O)O. The van der Waals surface area contributed by atoms with Crippen LogP contribution in [-0.4, -0.2) is 82.4 Å². The summed E-state index contributed by atoms with van der Waals surface area (Å²) in [4.78, 5) is 50.7. The molecule has 0 spiro atoms. The molecule has 2 aromatic rings. The van der Waals surface area contributed by atoms with Gasteiger partial charge >= 0.3 is 5.97 Å². The lowest BCUT2D eigenvalue weighted by Gasteiger charge is -2.30. The summed E-state index contributed by atoms with van der Waals surface area (Å²) in [6.45, 7) is 0.818. The number of hydrogen-bond donors (Lipinski definition) is 5. The molecule has 0 unspecified atom stereocenters. The molecule has 0 heterocycles. The molecule has 13 nitrogen and oxygen atoms in total. The minimum Gasteiger partial charge on any atom is -0.496 e. The fourth-order valence-electron chi connectivity index (χ4n) is 4.80. The number of carboxylic acid groups (broad SMARTS) is 1. The molecule has 0 bridgehead atoms. The fourth-order valence-corrected chi connectivity index (χ4v) is 4.80. The Balaban J connectivity index is 1.66. The number of hydrogen-bond acceptors (Lipinski definition) is 9. The third kappa shape index (κ3) is 7.60. The molecule has 1 fully saturated rings. The first kappa shape index (κ1) is 32.0. The van der Waals surface area contributed by atoms with Gasteiger partial charge in [-0.15, -0.1) is 0 Å². The Kier molecular flexibility index (Phi) is 11.4. The van der Waals surface area contributed by atoms with Crippen molar-refractivity contribution in [2.75, 3.05) is 41.5 Å². The third-order valence-corrected chi connectivity index (χ3v) is 7.07. The van der Waals surface area contributed by atoms with Crippen LogP contribution in [0.2, 0.25) is 0 Å². The summed E-state index contributed by atoms with van der Waals surface area (Å²) >= 11 is 0. The molecule has 228 valence electrons. The van der Waals surface area contributed by atoms with Crippen molar-refractivity contribution in [3.8, 4) is 23.0 Å². The second-order valence-corrected chi connectivity index (χ2v) is 9.70. The van der Waals surface area contributed by atoms with Crippen LogP contribution in [0.3, 0.4) is 0 Å². The Hall–Kier alpha value is -4.52. The van der Waals surface area contributed by atoms with E-state index >= 15 is 0 Å². The normalized spacial score (nSPS) is 16.1. The number of methoxy groups -OCH3 is 4. The van der Waals surface area contributed by atoms with E-state index in [9.17, 15) is 24.3 Å². The first-order chi connectivity index (χ1) is 20.2. The summed E-state index contributed by atoms with van der Waals surface area (Å²) in [6, 6.07) is 5.19. The number of aromatic carboxylic acids is 1. The summed E-state index contributed by atoms with van der Waals surface area (Å²) in [7, 11) is 5.58. The van der Waals surface area contributed by atoms with E-state index in [1.807, 2.05) is 0 Å². The van der Waals surface area contributed by atoms with Gasteiger partial charge < -0.3 is 45.7 Å². The highest BCUT2D eigenvalue weighted by molar-refractivity contribution is 6.03. The van der Waals surface area contributed by atoms with Gasteiger partial charge in [0.15, 0.2) is 0 Å². The first-order valence-corrected chi connectivity index (χ1v) is 13.5. The predicted octanol–water partition coefficient (Wildman–Crippen LogP) is 1.97. The van der Waals surface area contributed by atoms with Crippen molar-refractivity contribution in [1.82, 2.24) is 16.0 Å². The number of carbonyl (C=O) groups is 4. The number of nitrogens with two attached hydrogens (primary N) is 1. The van der Waals surface area contributed by atoms with Gasteiger partial charge in [-0.1, -0.05) is 0 Å². The van der Waals surface area contributed by atoms with Crippen molar-refractivity contribution in [2.45, 2.75) is 44.2 Å². The van der Waals surface area contributed by atoms with Gasteiger partial charge in [0, 0.05) is 30.8 Å². The lowest BCUT2D eigenvalue weighted by atomic mass is 9.90. The van der Waals surface area contributed by atoms with Gasteiger partial charge in [0.05, 0.1) is 45.1 Å². The van der Waals surface area contributed by atoms with Crippen molar-refractivity contribution in [2.24, 2.45) is 5.73 Å². The molecule has 1 saturated carbocycles. The van der Waals surface area contributed by atoms with E-state index in [1.54, 1.807) is 0 Å². The highest BCUT2D eigenvalue weighted by Gasteiger charge is 2.28. The number of ether oxygens (including phenoxy) is 4. The van der Waals surface area contributed by atoms with Crippen LogP contribution in [0.15, 0.2) is 24.3 Å². The summed E-state index contributed by atoms with van der Waals surface area (Å²) in [5.41, 5.74) is 5.83. The molecule has 0 aromatic heterocycles. The predicted molar refractivity (Wildman–Crippen MR) is 153 cm³/mol. The molecule has 0 saturated heterocycles. The van der Waals surface area contributed by atoms with E-state index in [0.29, 0.717) is 45.2 Å². The maximum atomic E-state index is 13.3. The van der Waals surface area contributed by atoms with Crippen LogP contribution in [-0.2, 0) is 0 Å². The standard InChI is InChI=1S/C29H38N4O9/c1-39-22-14-23(40-2)19(12-18(22)26(34)31-11-5-10-30)27(35)32-16-6-8-17(9-7-16)33-28(36)20-13-21(29(37)38)25(42-4)15-24(20)41-3/h12-17H,5-11,30H2,1-4H3,(H,31,34)(H,32,35)(H,33,36)(H,37,38)/t16-,17-. The Labute approximate surface area is 244 Å². The Bertz CT molecular complexity index is 1310.